The van der Waals surface area contributed by atoms with E-state index in [2.05, 4.69) is 5.32 Å². The Labute approximate surface area is 139 Å². The fourth-order valence-electron chi connectivity index (χ4n) is 3.13. The van der Waals surface area contributed by atoms with Crippen LogP contribution in [0.1, 0.15) is 17.5 Å². The number of nitrogens with zero attached hydrogens (tertiary/aromatic N) is 2. The molecule has 1 aliphatic rings. The minimum absolute atomic E-state index is 0.432. The highest BCUT2D eigenvalue weighted by Crippen LogP contribution is 2.40. The second-order valence-electron chi connectivity index (χ2n) is 5.50. The van der Waals surface area contributed by atoms with Gasteiger partial charge in [0.1, 0.15) is 11.7 Å². The highest BCUT2D eigenvalue weighted by molar-refractivity contribution is 6.02. The summed E-state index contributed by atoms with van der Waals surface area (Å²) in [6, 6.07) is 13.9. The molecule has 1 aromatic carbocycles. The predicted molar refractivity (Wildman–Crippen MR) is 83.7 cm³/mol. The molecule has 6 nitrogen and oxygen atoms in total. The van der Waals surface area contributed by atoms with Crippen molar-refractivity contribution in [2.24, 2.45) is 5.92 Å². The highest BCUT2D eigenvalue weighted by Gasteiger charge is 2.51. The van der Waals surface area contributed by atoms with Crippen molar-refractivity contribution in [1.29, 1.82) is 5.26 Å². The maximum atomic E-state index is 12.5. The number of benzene rings is 1. The molecule has 0 spiro atoms. The smallest absolute Gasteiger partial charge is 0.296 e. The molecule has 3 atom stereocenters. The first kappa shape index (κ1) is 15.7. The first-order valence-electron chi connectivity index (χ1n) is 7.50. The van der Waals surface area contributed by atoms with Crippen molar-refractivity contribution in [2.75, 3.05) is 7.11 Å². The lowest BCUT2D eigenvalue weighted by Gasteiger charge is -2.30. The normalized spacial score (nSPS) is 23.2. The quantitative estimate of drug-likeness (QED) is 0.678. The summed E-state index contributed by atoms with van der Waals surface area (Å²) in [6.45, 7) is 0. The Bertz CT molecular complexity index is 814. The van der Waals surface area contributed by atoms with Crippen LogP contribution in [0, 0.1) is 17.2 Å². The minimum atomic E-state index is -0.989. The summed E-state index contributed by atoms with van der Waals surface area (Å²) in [5, 5.41) is 11.8. The summed E-state index contributed by atoms with van der Waals surface area (Å²) < 4.78 is 7.10. The molecule has 1 fully saturated rings. The summed E-state index contributed by atoms with van der Waals surface area (Å²) in [5.74, 6) is -2.09. The van der Waals surface area contributed by atoms with Gasteiger partial charge in [0, 0.05) is 17.7 Å². The van der Waals surface area contributed by atoms with E-state index in [0.717, 1.165) is 0 Å². The van der Waals surface area contributed by atoms with Crippen LogP contribution in [0.5, 0.6) is 5.75 Å². The molecule has 0 radical (unpaired) electrons. The van der Waals surface area contributed by atoms with Gasteiger partial charge in [0.05, 0.1) is 19.1 Å². The monoisotopic (exact) mass is 322 g/mol. The van der Waals surface area contributed by atoms with E-state index >= 15 is 0 Å². The van der Waals surface area contributed by atoms with Crippen molar-refractivity contribution in [3.8, 4) is 11.8 Å². The zero-order valence-corrected chi connectivity index (χ0v) is 13.0. The molecule has 0 bridgehead atoms. The van der Waals surface area contributed by atoms with Gasteiger partial charge >= 0.3 is 0 Å². The van der Waals surface area contributed by atoms with Gasteiger partial charge in [-0.05, 0) is 6.07 Å². The molecule has 1 N–H and O–H groups in total. The lowest BCUT2D eigenvalue weighted by atomic mass is 9.77. The van der Waals surface area contributed by atoms with Crippen molar-refractivity contribution in [1.82, 2.24) is 5.32 Å². The largest absolute Gasteiger partial charge is 0.496 e. The molecular weight excluding hydrogens is 306 g/mol. The molecule has 0 unspecified atom stereocenters. The fourth-order valence-corrected chi connectivity index (χ4v) is 3.13. The van der Waals surface area contributed by atoms with Crippen molar-refractivity contribution >= 4 is 11.8 Å². The van der Waals surface area contributed by atoms with Gasteiger partial charge < -0.3 is 4.74 Å². The number of amides is 2. The number of imide groups is 1. The van der Waals surface area contributed by atoms with Crippen LogP contribution in [0.2, 0.25) is 0 Å². The summed E-state index contributed by atoms with van der Waals surface area (Å²) in [5.41, 5.74) is 0.663. The molecule has 2 aromatic rings. The number of para-hydroxylation sites is 1. The van der Waals surface area contributed by atoms with E-state index in [-0.39, 0.29) is 0 Å². The molecular formula is C18H16N3O3+. The molecule has 120 valence electrons. The molecule has 0 saturated carbocycles. The van der Waals surface area contributed by atoms with Crippen LogP contribution >= 0.6 is 0 Å². The van der Waals surface area contributed by atoms with E-state index in [1.807, 2.05) is 12.1 Å². The third-order valence-electron chi connectivity index (χ3n) is 4.19. The molecule has 1 aromatic heterocycles. The number of ether oxygens (including phenoxy) is 1. The van der Waals surface area contributed by atoms with Crippen molar-refractivity contribution in [2.45, 2.75) is 12.0 Å². The lowest BCUT2D eigenvalue weighted by molar-refractivity contribution is -0.713. The number of carbonyl (C=O) groups excluding carboxylic acids is 2. The number of nitriles is 1. The van der Waals surface area contributed by atoms with E-state index in [0.29, 0.717) is 11.3 Å². The summed E-state index contributed by atoms with van der Waals surface area (Å²) >= 11 is 0. The van der Waals surface area contributed by atoms with E-state index in [1.54, 1.807) is 53.4 Å². The number of rotatable bonds is 3. The predicted octanol–water partition coefficient (Wildman–Crippen LogP) is 1.10. The second-order valence-corrected chi connectivity index (χ2v) is 5.50. The van der Waals surface area contributed by atoms with Crippen LogP contribution in [0.15, 0.2) is 54.9 Å². The zero-order chi connectivity index (χ0) is 17.1. The molecule has 0 aliphatic carbocycles. The Hall–Kier alpha value is -3.20. The Morgan fingerprint density at radius 2 is 1.79 bits per heavy atom. The van der Waals surface area contributed by atoms with E-state index in [1.165, 1.54) is 7.11 Å². The number of pyridine rings is 1. The molecule has 1 saturated heterocycles. The van der Waals surface area contributed by atoms with Crippen LogP contribution < -0.4 is 14.6 Å². The van der Waals surface area contributed by atoms with Gasteiger partial charge in [0.25, 0.3) is 5.91 Å². The highest BCUT2D eigenvalue weighted by atomic mass is 16.5. The summed E-state index contributed by atoms with van der Waals surface area (Å²) in [4.78, 5) is 24.7. The summed E-state index contributed by atoms with van der Waals surface area (Å²) in [6.07, 6.45) is 3.49. The standard InChI is InChI=1S/C18H15N3O3/c1-24-14-8-4-3-7-12(14)15-13(11-19)17(22)20-18(23)16(15)21-9-5-2-6-10-21/h2-10,13,15-16H,1H3/p+1/t13-,15+,16-/m0/s1. The van der Waals surface area contributed by atoms with Gasteiger partial charge in [-0.3, -0.25) is 14.9 Å². The van der Waals surface area contributed by atoms with Crippen LogP contribution in [-0.2, 0) is 9.59 Å². The summed E-state index contributed by atoms with van der Waals surface area (Å²) in [7, 11) is 1.52. The minimum Gasteiger partial charge on any atom is -0.496 e. The Balaban J connectivity index is 2.19. The van der Waals surface area contributed by atoms with E-state index in [9.17, 15) is 14.9 Å². The molecule has 2 heterocycles. The molecule has 6 heteroatoms. The van der Waals surface area contributed by atoms with E-state index in [4.69, 9.17) is 4.74 Å². The number of hydrogen-bond acceptors (Lipinski definition) is 4. The number of piperidine rings is 1. The van der Waals surface area contributed by atoms with Crippen molar-refractivity contribution < 1.29 is 18.9 Å². The third kappa shape index (κ3) is 2.61. The lowest BCUT2D eigenvalue weighted by Crippen LogP contribution is -2.59. The van der Waals surface area contributed by atoms with Gasteiger partial charge in [-0.1, -0.05) is 24.3 Å². The number of aromatic nitrogens is 1. The SMILES string of the molecule is COc1ccccc1[C@@H]1[C@H](C#N)C(=O)NC(=O)[C@H]1[n+]1ccccc1. The Kier molecular flexibility index (Phi) is 4.25. The first-order valence-corrected chi connectivity index (χ1v) is 7.50. The van der Waals surface area contributed by atoms with Crippen LogP contribution in [0.25, 0.3) is 0 Å². The average molecular weight is 322 g/mol. The zero-order valence-electron chi connectivity index (χ0n) is 13.0. The van der Waals surface area contributed by atoms with E-state index < -0.39 is 29.7 Å². The molecule has 2 amide bonds. The van der Waals surface area contributed by atoms with Crippen LogP contribution in [0.4, 0.5) is 0 Å². The second kappa shape index (κ2) is 6.50. The molecule has 1 aliphatic heterocycles. The Morgan fingerprint density at radius 3 is 2.46 bits per heavy atom. The van der Waals surface area contributed by atoms with Gasteiger partial charge in [0.15, 0.2) is 12.4 Å². The molecule has 24 heavy (non-hydrogen) atoms. The molecule has 3 rings (SSSR count). The van der Waals surface area contributed by atoms with Crippen molar-refractivity contribution in [3.63, 3.8) is 0 Å². The third-order valence-corrected chi connectivity index (χ3v) is 4.19. The Morgan fingerprint density at radius 1 is 1.08 bits per heavy atom. The maximum absolute atomic E-state index is 12.5. The number of nitrogens with one attached hydrogen (secondary N) is 1. The average Bonchev–Trinajstić information content (AvgIpc) is 2.62. The van der Waals surface area contributed by atoms with Crippen LogP contribution in [-0.4, -0.2) is 18.9 Å². The fraction of sp³-hybridized carbons (Fsp3) is 0.222. The number of methoxy groups -OCH3 is 1. The van der Waals surface area contributed by atoms with Crippen LogP contribution in [0.3, 0.4) is 0 Å². The number of hydrogen-bond donors (Lipinski definition) is 1. The maximum Gasteiger partial charge on any atom is 0.296 e. The topological polar surface area (TPSA) is 83.1 Å². The number of carbonyl (C=O) groups is 2. The van der Waals surface area contributed by atoms with Gasteiger partial charge in [0.2, 0.25) is 11.9 Å². The van der Waals surface area contributed by atoms with Gasteiger partial charge in [-0.2, -0.15) is 9.83 Å². The first-order chi connectivity index (χ1) is 11.7. The van der Waals surface area contributed by atoms with Gasteiger partial charge in [-0.25, -0.2) is 0 Å². The van der Waals surface area contributed by atoms with Crippen molar-refractivity contribution in [3.05, 3.63) is 60.4 Å². The van der Waals surface area contributed by atoms with Gasteiger partial charge in [-0.15, -0.1) is 0 Å².